The van der Waals surface area contributed by atoms with Crippen LogP contribution in [0.4, 0.5) is 11.4 Å². The number of carbonyl (C=O) groups is 2. The van der Waals surface area contributed by atoms with Crippen LogP contribution in [-0.2, 0) is 4.79 Å². The molecule has 0 radical (unpaired) electrons. The first-order chi connectivity index (χ1) is 14.2. The first-order valence-electron chi connectivity index (χ1n) is 10.7. The number of amides is 1. The fourth-order valence-electron chi connectivity index (χ4n) is 3.94. The molecule has 2 fully saturated rings. The number of nitrogens with zero attached hydrogens (tertiary/aromatic N) is 2. The summed E-state index contributed by atoms with van der Waals surface area (Å²) in [6, 6.07) is 18.2. The quantitative estimate of drug-likeness (QED) is 0.692. The van der Waals surface area contributed by atoms with Gasteiger partial charge in [0.1, 0.15) is 0 Å². The minimum Gasteiger partial charge on any atom is -0.369 e. The molecule has 4 rings (SSSR count). The summed E-state index contributed by atoms with van der Waals surface area (Å²) in [5.74, 6) is 0.0428. The van der Waals surface area contributed by atoms with E-state index in [4.69, 9.17) is 0 Å². The number of rotatable bonds is 8. The Labute approximate surface area is 172 Å². The molecular weight excluding hydrogens is 362 g/mol. The zero-order valence-corrected chi connectivity index (χ0v) is 16.8. The van der Waals surface area contributed by atoms with Crippen molar-refractivity contribution in [3.05, 3.63) is 60.2 Å². The normalized spacial score (nSPS) is 17.2. The van der Waals surface area contributed by atoms with Gasteiger partial charge in [-0.3, -0.25) is 14.5 Å². The Morgan fingerprint density at radius 3 is 2.21 bits per heavy atom. The number of benzene rings is 2. The van der Waals surface area contributed by atoms with Gasteiger partial charge in [0.25, 0.3) is 0 Å². The first-order valence-corrected chi connectivity index (χ1v) is 10.7. The van der Waals surface area contributed by atoms with Crippen molar-refractivity contribution in [2.75, 3.05) is 36.4 Å². The standard InChI is InChI=1S/C24H29N3O2/c28-23(19-5-2-1-3-6-19)7-4-8-24(29)25-20-9-11-21(12-10-20)26-15-17-27(18-16-26)22-13-14-22/h1-3,5-6,9-12,22H,4,7-8,13-18H2,(H,25,29). The molecule has 5 heteroatoms. The number of anilines is 2. The maximum absolute atomic E-state index is 12.2. The highest BCUT2D eigenvalue weighted by molar-refractivity contribution is 5.96. The summed E-state index contributed by atoms with van der Waals surface area (Å²) in [4.78, 5) is 29.3. The molecule has 0 aromatic heterocycles. The van der Waals surface area contributed by atoms with E-state index in [1.54, 1.807) is 0 Å². The van der Waals surface area contributed by atoms with Crippen molar-refractivity contribution >= 4 is 23.1 Å². The Balaban J connectivity index is 1.19. The summed E-state index contributed by atoms with van der Waals surface area (Å²) in [6.45, 7) is 4.42. The Morgan fingerprint density at radius 1 is 0.862 bits per heavy atom. The van der Waals surface area contributed by atoms with Crippen LogP contribution in [0.25, 0.3) is 0 Å². The van der Waals surface area contributed by atoms with Crippen LogP contribution in [0.2, 0.25) is 0 Å². The summed E-state index contributed by atoms with van der Waals surface area (Å²) in [5.41, 5.74) is 2.73. The predicted octanol–water partition coefficient (Wildman–Crippen LogP) is 3.96. The molecule has 0 bridgehead atoms. The van der Waals surface area contributed by atoms with E-state index in [2.05, 4.69) is 27.2 Å². The third-order valence-electron chi connectivity index (χ3n) is 5.80. The van der Waals surface area contributed by atoms with Gasteiger partial charge in [-0.25, -0.2) is 0 Å². The lowest BCUT2D eigenvalue weighted by molar-refractivity contribution is -0.116. The van der Waals surface area contributed by atoms with E-state index < -0.39 is 0 Å². The monoisotopic (exact) mass is 391 g/mol. The Morgan fingerprint density at radius 2 is 1.55 bits per heavy atom. The van der Waals surface area contributed by atoms with Crippen LogP contribution in [0, 0.1) is 0 Å². The van der Waals surface area contributed by atoms with E-state index in [0.717, 1.165) is 37.9 Å². The van der Waals surface area contributed by atoms with Crippen molar-refractivity contribution in [1.29, 1.82) is 0 Å². The fourth-order valence-corrected chi connectivity index (χ4v) is 3.94. The molecule has 1 amide bonds. The van der Waals surface area contributed by atoms with Crippen molar-refractivity contribution in [3.8, 4) is 0 Å². The highest BCUT2D eigenvalue weighted by atomic mass is 16.1. The molecule has 2 aliphatic rings. The van der Waals surface area contributed by atoms with E-state index in [1.807, 2.05) is 42.5 Å². The van der Waals surface area contributed by atoms with Crippen molar-refractivity contribution < 1.29 is 9.59 Å². The van der Waals surface area contributed by atoms with Crippen LogP contribution in [0.5, 0.6) is 0 Å². The zero-order chi connectivity index (χ0) is 20.1. The Kier molecular flexibility index (Phi) is 6.25. The first kappa shape index (κ1) is 19.6. The van der Waals surface area contributed by atoms with Crippen molar-refractivity contribution in [1.82, 2.24) is 4.90 Å². The molecule has 1 aliphatic carbocycles. The van der Waals surface area contributed by atoms with Crippen LogP contribution in [0.15, 0.2) is 54.6 Å². The smallest absolute Gasteiger partial charge is 0.224 e. The van der Waals surface area contributed by atoms with Gasteiger partial charge in [0, 0.05) is 62.0 Å². The molecule has 1 aliphatic heterocycles. The van der Waals surface area contributed by atoms with Crippen LogP contribution >= 0.6 is 0 Å². The highest BCUT2D eigenvalue weighted by Gasteiger charge is 2.31. The van der Waals surface area contributed by atoms with Gasteiger partial charge in [-0.05, 0) is 43.5 Å². The zero-order valence-electron chi connectivity index (χ0n) is 16.8. The number of hydrogen-bond donors (Lipinski definition) is 1. The van der Waals surface area contributed by atoms with Gasteiger partial charge in [-0.1, -0.05) is 30.3 Å². The molecule has 0 spiro atoms. The molecule has 152 valence electrons. The van der Waals surface area contributed by atoms with E-state index >= 15 is 0 Å². The summed E-state index contributed by atoms with van der Waals surface area (Å²) < 4.78 is 0. The van der Waals surface area contributed by atoms with Crippen molar-refractivity contribution in [3.63, 3.8) is 0 Å². The van der Waals surface area contributed by atoms with Gasteiger partial charge < -0.3 is 10.2 Å². The Bertz CT molecular complexity index is 823. The average Bonchev–Trinajstić information content (AvgIpc) is 3.60. The second-order valence-electron chi connectivity index (χ2n) is 7.99. The SMILES string of the molecule is O=C(CCCC(=O)c1ccccc1)Nc1ccc(N2CCN(C3CC3)CC2)cc1. The summed E-state index contributed by atoms with van der Waals surface area (Å²) in [5, 5.41) is 2.94. The Hall–Kier alpha value is -2.66. The van der Waals surface area contributed by atoms with Gasteiger partial charge in [-0.2, -0.15) is 0 Å². The minimum absolute atomic E-state index is 0.0448. The number of ketones is 1. The third-order valence-corrected chi connectivity index (χ3v) is 5.80. The average molecular weight is 392 g/mol. The van der Waals surface area contributed by atoms with Crippen LogP contribution < -0.4 is 10.2 Å². The molecule has 1 heterocycles. The molecule has 5 nitrogen and oxygen atoms in total. The molecule has 2 aromatic rings. The lowest BCUT2D eigenvalue weighted by atomic mass is 10.1. The molecular formula is C24H29N3O2. The minimum atomic E-state index is -0.0448. The predicted molar refractivity (Wildman–Crippen MR) is 117 cm³/mol. The lowest BCUT2D eigenvalue weighted by Crippen LogP contribution is -2.47. The van der Waals surface area contributed by atoms with Gasteiger partial charge in [0.05, 0.1) is 0 Å². The number of nitrogens with one attached hydrogen (secondary N) is 1. The molecule has 1 saturated carbocycles. The highest BCUT2D eigenvalue weighted by Crippen LogP contribution is 2.28. The van der Waals surface area contributed by atoms with Crippen molar-refractivity contribution in [2.45, 2.75) is 38.1 Å². The van der Waals surface area contributed by atoms with E-state index in [0.29, 0.717) is 24.8 Å². The van der Waals surface area contributed by atoms with Gasteiger partial charge >= 0.3 is 0 Å². The maximum atomic E-state index is 12.2. The summed E-state index contributed by atoms with van der Waals surface area (Å²) in [7, 11) is 0. The number of hydrogen-bond acceptors (Lipinski definition) is 4. The molecule has 0 unspecified atom stereocenters. The number of carbonyl (C=O) groups excluding carboxylic acids is 2. The van der Waals surface area contributed by atoms with E-state index in [9.17, 15) is 9.59 Å². The maximum Gasteiger partial charge on any atom is 0.224 e. The van der Waals surface area contributed by atoms with Crippen molar-refractivity contribution in [2.24, 2.45) is 0 Å². The van der Waals surface area contributed by atoms with Crippen LogP contribution in [0.3, 0.4) is 0 Å². The summed E-state index contributed by atoms with van der Waals surface area (Å²) >= 11 is 0. The molecule has 29 heavy (non-hydrogen) atoms. The largest absolute Gasteiger partial charge is 0.369 e. The van der Waals surface area contributed by atoms with Crippen LogP contribution in [-0.4, -0.2) is 48.8 Å². The van der Waals surface area contributed by atoms with Gasteiger partial charge in [0.15, 0.2) is 5.78 Å². The second-order valence-corrected chi connectivity index (χ2v) is 7.99. The van der Waals surface area contributed by atoms with Gasteiger partial charge in [0.2, 0.25) is 5.91 Å². The lowest BCUT2D eigenvalue weighted by Gasteiger charge is -2.36. The van der Waals surface area contributed by atoms with Crippen LogP contribution in [0.1, 0.15) is 42.5 Å². The number of piperazine rings is 1. The number of Topliss-reactive ketones (excluding diaryl/α,β-unsaturated/α-hetero) is 1. The van der Waals surface area contributed by atoms with E-state index in [1.165, 1.54) is 18.5 Å². The van der Waals surface area contributed by atoms with Gasteiger partial charge in [-0.15, -0.1) is 0 Å². The molecule has 2 aromatic carbocycles. The van der Waals surface area contributed by atoms with E-state index in [-0.39, 0.29) is 11.7 Å². The topological polar surface area (TPSA) is 52.7 Å². The molecule has 1 N–H and O–H groups in total. The second kappa shape index (κ2) is 9.23. The molecule has 0 atom stereocenters. The summed E-state index contributed by atoms with van der Waals surface area (Å²) in [6.07, 6.45) is 4.04. The molecule has 1 saturated heterocycles. The third kappa shape index (κ3) is 5.45. The fraction of sp³-hybridized carbons (Fsp3) is 0.417.